The highest BCUT2D eigenvalue weighted by Crippen LogP contribution is 2.26. The van der Waals surface area contributed by atoms with Gasteiger partial charge in [-0.25, -0.2) is 0 Å². The lowest BCUT2D eigenvalue weighted by Gasteiger charge is -2.03. The van der Waals surface area contributed by atoms with Gasteiger partial charge < -0.3 is 4.52 Å². The molecule has 0 aliphatic rings. The minimum Gasteiger partial charge on any atom is -0.338 e. The Kier molecular flexibility index (Phi) is 4.61. The highest BCUT2D eigenvalue weighted by molar-refractivity contribution is 7.98. The van der Waals surface area contributed by atoms with Crippen molar-refractivity contribution in [2.24, 2.45) is 0 Å². The Balaban J connectivity index is 1.72. The number of aryl methyl sites for hydroxylation is 2. The topological polar surface area (TPSA) is 82.1 Å². The number of thioether (sulfide) groups is 1. The summed E-state index contributed by atoms with van der Waals surface area (Å²) in [7, 11) is 0. The van der Waals surface area contributed by atoms with Gasteiger partial charge in [-0.3, -0.25) is 10.1 Å². The van der Waals surface area contributed by atoms with Crippen LogP contribution in [0.15, 0.2) is 51.9 Å². The molecule has 0 radical (unpaired) electrons. The molecule has 0 bridgehead atoms. The van der Waals surface area contributed by atoms with Crippen LogP contribution in [-0.2, 0) is 5.75 Å². The van der Waals surface area contributed by atoms with Gasteiger partial charge in [0.25, 0.3) is 5.69 Å². The lowest BCUT2D eigenvalue weighted by atomic mass is 10.1. The van der Waals surface area contributed by atoms with Crippen molar-refractivity contribution in [2.75, 3.05) is 0 Å². The van der Waals surface area contributed by atoms with Crippen LogP contribution in [0, 0.1) is 24.0 Å². The van der Waals surface area contributed by atoms with Crippen molar-refractivity contribution in [1.29, 1.82) is 0 Å². The number of aromatic nitrogens is 2. The SMILES string of the molecule is Cc1ccc(SCc2nc(-c3cccc([N+](=O)[O-])c3)no2)cc1C. The summed E-state index contributed by atoms with van der Waals surface area (Å²) in [5, 5.41) is 14.7. The maximum atomic E-state index is 10.8. The number of nitro benzene ring substituents is 1. The van der Waals surface area contributed by atoms with E-state index in [0.717, 1.165) is 4.90 Å². The summed E-state index contributed by atoms with van der Waals surface area (Å²) in [5.74, 6) is 1.39. The first-order valence-corrected chi connectivity index (χ1v) is 8.29. The molecule has 0 unspecified atom stereocenters. The Labute approximate surface area is 143 Å². The predicted octanol–water partition coefficient (Wildman–Crippen LogP) is 4.55. The van der Waals surface area contributed by atoms with Crippen LogP contribution < -0.4 is 0 Å². The van der Waals surface area contributed by atoms with E-state index in [1.807, 2.05) is 0 Å². The van der Waals surface area contributed by atoms with Crippen molar-refractivity contribution in [1.82, 2.24) is 10.1 Å². The summed E-state index contributed by atoms with van der Waals surface area (Å²) in [5.41, 5.74) is 3.06. The fourth-order valence-corrected chi connectivity index (χ4v) is 2.97. The van der Waals surface area contributed by atoms with Gasteiger partial charge in [-0.1, -0.05) is 23.4 Å². The molecule has 3 rings (SSSR count). The van der Waals surface area contributed by atoms with Crippen molar-refractivity contribution in [3.63, 3.8) is 0 Å². The van der Waals surface area contributed by atoms with Gasteiger partial charge in [0.15, 0.2) is 0 Å². The molecular formula is C17H15N3O3S. The molecule has 1 heterocycles. The number of hydrogen-bond donors (Lipinski definition) is 0. The van der Waals surface area contributed by atoms with E-state index in [0.29, 0.717) is 23.0 Å². The van der Waals surface area contributed by atoms with Crippen LogP contribution in [0.1, 0.15) is 17.0 Å². The number of rotatable bonds is 5. The molecule has 24 heavy (non-hydrogen) atoms. The lowest BCUT2D eigenvalue weighted by molar-refractivity contribution is -0.384. The third kappa shape index (κ3) is 3.62. The van der Waals surface area contributed by atoms with Crippen LogP contribution in [0.25, 0.3) is 11.4 Å². The van der Waals surface area contributed by atoms with Crippen molar-refractivity contribution in [3.05, 3.63) is 69.6 Å². The minimum atomic E-state index is -0.444. The molecule has 2 aromatic carbocycles. The monoisotopic (exact) mass is 341 g/mol. The summed E-state index contributed by atoms with van der Waals surface area (Å²) < 4.78 is 5.24. The average Bonchev–Trinajstić information content (AvgIpc) is 3.05. The zero-order valence-electron chi connectivity index (χ0n) is 13.2. The van der Waals surface area contributed by atoms with Crippen molar-refractivity contribution in [3.8, 4) is 11.4 Å². The Morgan fingerprint density at radius 1 is 1.17 bits per heavy atom. The highest BCUT2D eigenvalue weighted by atomic mass is 32.2. The molecule has 0 saturated heterocycles. The van der Waals surface area contributed by atoms with Gasteiger partial charge in [0.1, 0.15) is 0 Å². The molecule has 0 amide bonds. The van der Waals surface area contributed by atoms with Crippen molar-refractivity contribution < 1.29 is 9.45 Å². The summed E-state index contributed by atoms with van der Waals surface area (Å²) in [6.45, 7) is 4.15. The molecule has 0 spiro atoms. The fourth-order valence-electron chi connectivity index (χ4n) is 2.14. The van der Waals surface area contributed by atoms with Gasteiger partial charge in [-0.2, -0.15) is 4.98 Å². The predicted molar refractivity (Wildman–Crippen MR) is 91.9 cm³/mol. The zero-order valence-corrected chi connectivity index (χ0v) is 14.0. The standard InChI is InChI=1S/C17H15N3O3S/c1-11-6-7-15(8-12(11)2)24-10-16-18-17(19-23-16)13-4-3-5-14(9-13)20(21)22/h3-9H,10H2,1-2H3. The number of nitro groups is 1. The first-order valence-electron chi connectivity index (χ1n) is 7.30. The van der Waals surface area contributed by atoms with Crippen LogP contribution in [-0.4, -0.2) is 15.1 Å². The van der Waals surface area contributed by atoms with E-state index < -0.39 is 4.92 Å². The maximum Gasteiger partial charge on any atom is 0.270 e. The third-order valence-corrected chi connectivity index (χ3v) is 4.60. The minimum absolute atomic E-state index is 0.00311. The molecule has 3 aromatic rings. The second kappa shape index (κ2) is 6.84. The van der Waals surface area contributed by atoms with Gasteiger partial charge in [-0.05, 0) is 37.1 Å². The molecule has 0 aliphatic heterocycles. The van der Waals surface area contributed by atoms with E-state index >= 15 is 0 Å². The summed E-state index contributed by atoms with van der Waals surface area (Å²) in [6, 6.07) is 12.5. The smallest absolute Gasteiger partial charge is 0.270 e. The molecule has 6 nitrogen and oxygen atoms in total. The molecule has 0 N–H and O–H groups in total. The van der Waals surface area contributed by atoms with Gasteiger partial charge >= 0.3 is 0 Å². The molecule has 0 saturated carbocycles. The van der Waals surface area contributed by atoms with Gasteiger partial charge in [-0.15, -0.1) is 11.8 Å². The highest BCUT2D eigenvalue weighted by Gasteiger charge is 2.13. The zero-order chi connectivity index (χ0) is 17.1. The summed E-state index contributed by atoms with van der Waals surface area (Å²) >= 11 is 1.61. The molecule has 0 aliphatic carbocycles. The Morgan fingerprint density at radius 3 is 2.75 bits per heavy atom. The molecule has 122 valence electrons. The Hall–Kier alpha value is -2.67. The Bertz CT molecular complexity index is 892. The summed E-state index contributed by atoms with van der Waals surface area (Å²) in [6.07, 6.45) is 0. The number of hydrogen-bond acceptors (Lipinski definition) is 6. The second-order valence-corrected chi connectivity index (χ2v) is 6.40. The van der Waals surface area contributed by atoms with E-state index in [1.165, 1.54) is 23.3 Å². The van der Waals surface area contributed by atoms with Crippen molar-refractivity contribution in [2.45, 2.75) is 24.5 Å². The van der Waals surface area contributed by atoms with Crippen LogP contribution in [0.3, 0.4) is 0 Å². The van der Waals surface area contributed by atoms with E-state index in [9.17, 15) is 10.1 Å². The van der Waals surface area contributed by atoms with E-state index in [1.54, 1.807) is 23.9 Å². The maximum absolute atomic E-state index is 10.8. The number of benzene rings is 2. The van der Waals surface area contributed by atoms with Crippen LogP contribution in [0.2, 0.25) is 0 Å². The fraction of sp³-hybridized carbons (Fsp3) is 0.176. The molecule has 0 fully saturated rings. The third-order valence-electron chi connectivity index (χ3n) is 3.62. The number of nitrogens with zero attached hydrogens (tertiary/aromatic N) is 3. The van der Waals surface area contributed by atoms with Crippen LogP contribution in [0.4, 0.5) is 5.69 Å². The van der Waals surface area contributed by atoms with Gasteiger partial charge in [0.05, 0.1) is 10.7 Å². The Morgan fingerprint density at radius 2 is 2.00 bits per heavy atom. The van der Waals surface area contributed by atoms with Gasteiger partial charge in [0.2, 0.25) is 11.7 Å². The first-order chi connectivity index (χ1) is 11.5. The quantitative estimate of drug-likeness (QED) is 0.384. The first kappa shape index (κ1) is 16.2. The van der Waals surface area contributed by atoms with Crippen molar-refractivity contribution >= 4 is 17.4 Å². The largest absolute Gasteiger partial charge is 0.338 e. The normalized spacial score (nSPS) is 10.8. The average molecular weight is 341 g/mol. The lowest BCUT2D eigenvalue weighted by Crippen LogP contribution is -1.89. The van der Waals surface area contributed by atoms with E-state index in [4.69, 9.17) is 4.52 Å². The van der Waals surface area contributed by atoms with Gasteiger partial charge in [0, 0.05) is 22.6 Å². The summed E-state index contributed by atoms with van der Waals surface area (Å²) in [4.78, 5) is 15.8. The van der Waals surface area contributed by atoms with Crippen LogP contribution >= 0.6 is 11.8 Å². The molecule has 0 atom stereocenters. The number of non-ortho nitro benzene ring substituents is 1. The molecular weight excluding hydrogens is 326 g/mol. The van der Waals surface area contributed by atoms with E-state index in [-0.39, 0.29) is 5.69 Å². The molecule has 1 aromatic heterocycles. The van der Waals surface area contributed by atoms with Crippen LogP contribution in [0.5, 0.6) is 0 Å². The van der Waals surface area contributed by atoms with E-state index in [2.05, 4.69) is 42.2 Å². The second-order valence-electron chi connectivity index (χ2n) is 5.35. The molecule has 7 heteroatoms.